The summed E-state index contributed by atoms with van der Waals surface area (Å²) in [6.07, 6.45) is 10.8. The Hall–Kier alpha value is -2.41. The zero-order valence-electron chi connectivity index (χ0n) is 17.0. The van der Waals surface area contributed by atoms with E-state index in [2.05, 4.69) is 9.80 Å². The number of carbonyl (C=O) groups excluding carboxylic acids is 1. The minimum absolute atomic E-state index is 0.0244. The van der Waals surface area contributed by atoms with E-state index in [1.165, 1.54) is 31.7 Å². The molecule has 2 heterocycles. The maximum atomic E-state index is 12.6. The molecule has 2 saturated heterocycles. The van der Waals surface area contributed by atoms with Crippen molar-refractivity contribution in [3.63, 3.8) is 0 Å². The third-order valence-corrected chi connectivity index (χ3v) is 6.53. The van der Waals surface area contributed by atoms with Crippen molar-refractivity contribution in [3.05, 3.63) is 46.2 Å². The average molecular weight is 399 g/mol. The highest BCUT2D eigenvalue weighted by molar-refractivity contribution is 6.05. The first-order chi connectivity index (χ1) is 14.1. The van der Waals surface area contributed by atoms with Crippen molar-refractivity contribution in [3.8, 4) is 0 Å². The molecule has 0 bridgehead atoms. The summed E-state index contributed by atoms with van der Waals surface area (Å²) in [7, 11) is 0. The third-order valence-electron chi connectivity index (χ3n) is 6.53. The second kappa shape index (κ2) is 8.95. The second-order valence-corrected chi connectivity index (χ2v) is 8.34. The van der Waals surface area contributed by atoms with Gasteiger partial charge in [0.05, 0.1) is 4.92 Å². The SMILES string of the molecule is O=C(C=CN1CCN(C2CCCC2)CC1)c1ccc(N2CCCC2)c([N+](=O)[O-])c1. The average Bonchev–Trinajstić information content (AvgIpc) is 3.46. The largest absolute Gasteiger partial charge is 0.375 e. The molecule has 4 rings (SSSR count). The molecule has 3 aliphatic rings. The number of nitrogens with zero attached hydrogens (tertiary/aromatic N) is 4. The van der Waals surface area contributed by atoms with E-state index in [0.29, 0.717) is 11.3 Å². The van der Waals surface area contributed by atoms with Crippen molar-refractivity contribution >= 4 is 17.2 Å². The van der Waals surface area contributed by atoms with E-state index < -0.39 is 0 Å². The van der Waals surface area contributed by atoms with E-state index in [1.54, 1.807) is 18.2 Å². The van der Waals surface area contributed by atoms with Gasteiger partial charge in [-0.3, -0.25) is 19.8 Å². The lowest BCUT2D eigenvalue weighted by Gasteiger charge is -2.37. The van der Waals surface area contributed by atoms with Crippen molar-refractivity contribution in [2.75, 3.05) is 44.2 Å². The quantitative estimate of drug-likeness (QED) is 0.316. The fraction of sp³-hybridized carbons (Fsp3) is 0.591. The Morgan fingerprint density at radius 3 is 2.34 bits per heavy atom. The van der Waals surface area contributed by atoms with E-state index in [-0.39, 0.29) is 16.4 Å². The summed E-state index contributed by atoms with van der Waals surface area (Å²) in [6, 6.07) is 5.62. The topological polar surface area (TPSA) is 69.9 Å². The molecule has 1 saturated carbocycles. The van der Waals surface area contributed by atoms with Gasteiger partial charge in [0, 0.05) is 69.2 Å². The smallest absolute Gasteiger partial charge is 0.293 e. The van der Waals surface area contributed by atoms with Gasteiger partial charge in [-0.2, -0.15) is 0 Å². The first-order valence-electron chi connectivity index (χ1n) is 10.9. The van der Waals surface area contributed by atoms with Crippen molar-refractivity contribution < 1.29 is 9.72 Å². The molecular formula is C22H30N4O3. The molecule has 1 aliphatic carbocycles. The standard InChI is InChI=1S/C22H30N4O3/c27-22(9-12-23-13-15-24(16-14-23)19-5-1-2-6-19)18-7-8-20(21(17-18)26(28)29)25-10-3-4-11-25/h7-9,12,17,19H,1-6,10-11,13-16H2. The fourth-order valence-electron chi connectivity index (χ4n) is 4.84. The summed E-state index contributed by atoms with van der Waals surface area (Å²) in [5, 5.41) is 11.5. The molecule has 7 nitrogen and oxygen atoms in total. The van der Waals surface area contributed by atoms with E-state index in [1.807, 2.05) is 11.1 Å². The van der Waals surface area contributed by atoms with Crippen LogP contribution < -0.4 is 4.90 Å². The van der Waals surface area contributed by atoms with Crippen LogP contribution in [0.5, 0.6) is 0 Å². The van der Waals surface area contributed by atoms with Crippen LogP contribution in [0.25, 0.3) is 0 Å². The lowest BCUT2D eigenvalue weighted by atomic mass is 10.1. The zero-order valence-corrected chi connectivity index (χ0v) is 17.0. The highest BCUT2D eigenvalue weighted by Crippen LogP contribution is 2.32. The Bertz CT molecular complexity index is 774. The molecule has 2 aliphatic heterocycles. The van der Waals surface area contributed by atoms with E-state index >= 15 is 0 Å². The first kappa shape index (κ1) is 19.9. The molecule has 29 heavy (non-hydrogen) atoms. The van der Waals surface area contributed by atoms with Gasteiger partial charge < -0.3 is 9.80 Å². The summed E-state index contributed by atoms with van der Waals surface area (Å²) in [6.45, 7) is 5.60. The van der Waals surface area contributed by atoms with Crippen molar-refractivity contribution in [2.45, 2.75) is 44.6 Å². The van der Waals surface area contributed by atoms with Gasteiger partial charge in [-0.15, -0.1) is 0 Å². The van der Waals surface area contributed by atoms with Crippen LogP contribution in [0.3, 0.4) is 0 Å². The zero-order chi connectivity index (χ0) is 20.2. The number of allylic oxidation sites excluding steroid dienone is 1. The summed E-state index contributed by atoms with van der Waals surface area (Å²) >= 11 is 0. The van der Waals surface area contributed by atoms with E-state index in [0.717, 1.165) is 58.2 Å². The first-order valence-corrected chi connectivity index (χ1v) is 10.9. The van der Waals surface area contributed by atoms with Gasteiger partial charge in [-0.05, 0) is 37.8 Å². The van der Waals surface area contributed by atoms with Crippen LogP contribution in [0, 0.1) is 10.1 Å². The molecule has 0 aromatic heterocycles. The van der Waals surface area contributed by atoms with Gasteiger partial charge in [-0.1, -0.05) is 12.8 Å². The molecule has 1 aromatic rings. The van der Waals surface area contributed by atoms with Crippen LogP contribution in [-0.4, -0.2) is 65.8 Å². The molecule has 0 radical (unpaired) electrons. The van der Waals surface area contributed by atoms with Gasteiger partial charge in [-0.25, -0.2) is 0 Å². The molecular weight excluding hydrogens is 368 g/mol. The molecule has 3 fully saturated rings. The van der Waals surface area contributed by atoms with Gasteiger partial charge in [0.2, 0.25) is 0 Å². The van der Waals surface area contributed by atoms with Crippen LogP contribution >= 0.6 is 0 Å². The van der Waals surface area contributed by atoms with Crippen molar-refractivity contribution in [2.24, 2.45) is 0 Å². The number of ketones is 1. The Morgan fingerprint density at radius 2 is 1.69 bits per heavy atom. The van der Waals surface area contributed by atoms with Crippen LogP contribution in [0.2, 0.25) is 0 Å². The predicted molar refractivity (Wildman–Crippen MR) is 113 cm³/mol. The molecule has 0 N–H and O–H groups in total. The molecule has 156 valence electrons. The minimum atomic E-state index is -0.379. The fourth-order valence-corrected chi connectivity index (χ4v) is 4.84. The molecule has 7 heteroatoms. The van der Waals surface area contributed by atoms with Crippen LogP contribution in [-0.2, 0) is 0 Å². The Balaban J connectivity index is 1.38. The summed E-state index contributed by atoms with van der Waals surface area (Å²) in [4.78, 5) is 30.6. The predicted octanol–water partition coefficient (Wildman–Crippen LogP) is 3.45. The molecule has 1 aromatic carbocycles. The number of nitro groups is 1. The minimum Gasteiger partial charge on any atom is -0.375 e. The number of hydrogen-bond donors (Lipinski definition) is 0. The molecule has 0 spiro atoms. The summed E-state index contributed by atoms with van der Waals surface area (Å²) in [5.41, 5.74) is 1.02. The summed E-state index contributed by atoms with van der Waals surface area (Å²) < 4.78 is 0. The van der Waals surface area contributed by atoms with Gasteiger partial charge in [0.25, 0.3) is 5.69 Å². The number of carbonyl (C=O) groups is 1. The molecule has 0 amide bonds. The monoisotopic (exact) mass is 398 g/mol. The second-order valence-electron chi connectivity index (χ2n) is 8.34. The molecule has 0 atom stereocenters. The van der Waals surface area contributed by atoms with Crippen molar-refractivity contribution in [1.82, 2.24) is 9.80 Å². The molecule has 0 unspecified atom stereocenters. The maximum absolute atomic E-state index is 12.6. The lowest BCUT2D eigenvalue weighted by Crippen LogP contribution is -2.47. The van der Waals surface area contributed by atoms with Crippen molar-refractivity contribution in [1.29, 1.82) is 0 Å². The Morgan fingerprint density at radius 1 is 1.00 bits per heavy atom. The Labute approximate surface area is 172 Å². The maximum Gasteiger partial charge on any atom is 0.293 e. The van der Waals surface area contributed by atoms with Crippen LogP contribution in [0.1, 0.15) is 48.9 Å². The highest BCUT2D eigenvalue weighted by atomic mass is 16.6. The third kappa shape index (κ3) is 4.61. The number of rotatable bonds is 6. The van der Waals surface area contributed by atoms with Gasteiger partial charge in [0.15, 0.2) is 5.78 Å². The van der Waals surface area contributed by atoms with Crippen LogP contribution in [0.4, 0.5) is 11.4 Å². The number of benzene rings is 1. The normalized spacial score (nSPS) is 21.4. The number of anilines is 1. The number of nitro benzene ring substituents is 1. The number of hydrogen-bond acceptors (Lipinski definition) is 6. The van der Waals surface area contributed by atoms with Gasteiger partial charge >= 0.3 is 0 Å². The highest BCUT2D eigenvalue weighted by Gasteiger charge is 2.26. The number of piperazine rings is 1. The van der Waals surface area contributed by atoms with E-state index in [4.69, 9.17) is 0 Å². The lowest BCUT2D eigenvalue weighted by molar-refractivity contribution is -0.384. The summed E-state index contributed by atoms with van der Waals surface area (Å²) in [5.74, 6) is -0.181. The van der Waals surface area contributed by atoms with Gasteiger partial charge in [0.1, 0.15) is 5.69 Å². The van der Waals surface area contributed by atoms with E-state index in [9.17, 15) is 14.9 Å². The van der Waals surface area contributed by atoms with Crippen LogP contribution in [0.15, 0.2) is 30.5 Å². The Kier molecular flexibility index (Phi) is 6.13.